The molecule has 0 unspecified atom stereocenters. The Kier molecular flexibility index (Phi) is 3.42. The van der Waals surface area contributed by atoms with Gasteiger partial charge in [-0.15, -0.1) is 0 Å². The number of hydrogen-bond acceptors (Lipinski definition) is 7. The lowest BCUT2D eigenvalue weighted by Crippen LogP contribution is -2.50. The number of nitrogens with two attached hydrogens (primary N) is 2. The van der Waals surface area contributed by atoms with E-state index < -0.39 is 5.60 Å². The number of anilines is 1. The predicted octanol–water partition coefficient (Wildman–Crippen LogP) is 0.305. The summed E-state index contributed by atoms with van der Waals surface area (Å²) >= 11 is 0. The van der Waals surface area contributed by atoms with Gasteiger partial charge in [0.15, 0.2) is 0 Å². The Balaban J connectivity index is 1.78. The maximum absolute atomic E-state index is 10.2. The van der Waals surface area contributed by atoms with Crippen LogP contribution in [0.4, 0.5) is 5.95 Å². The van der Waals surface area contributed by atoms with E-state index in [2.05, 4.69) is 31.8 Å². The van der Waals surface area contributed by atoms with Crippen molar-refractivity contribution in [1.82, 2.24) is 24.5 Å². The van der Waals surface area contributed by atoms with Gasteiger partial charge in [-0.1, -0.05) is 11.8 Å². The van der Waals surface area contributed by atoms with E-state index in [0.29, 0.717) is 18.8 Å². The Morgan fingerprint density at radius 3 is 2.80 bits per heavy atom. The first kappa shape index (κ1) is 15.5. The van der Waals surface area contributed by atoms with Gasteiger partial charge in [0.25, 0.3) is 0 Å². The number of aromatic nitrogens is 5. The van der Waals surface area contributed by atoms with Crippen molar-refractivity contribution in [3.8, 4) is 17.8 Å². The molecule has 0 aliphatic heterocycles. The fraction of sp³-hybridized carbons (Fsp3) is 0.294. The molecule has 1 aromatic carbocycles. The molecule has 0 bridgehead atoms. The fourth-order valence-corrected chi connectivity index (χ4v) is 3.03. The van der Waals surface area contributed by atoms with Crippen molar-refractivity contribution in [3.05, 3.63) is 35.9 Å². The zero-order valence-corrected chi connectivity index (χ0v) is 13.6. The van der Waals surface area contributed by atoms with Gasteiger partial charge < -0.3 is 16.6 Å². The summed E-state index contributed by atoms with van der Waals surface area (Å²) < 4.78 is 1.80. The van der Waals surface area contributed by atoms with Gasteiger partial charge in [-0.3, -0.25) is 4.57 Å². The van der Waals surface area contributed by atoms with Crippen LogP contribution in [0, 0.1) is 18.8 Å². The summed E-state index contributed by atoms with van der Waals surface area (Å²) in [6, 6.07) is 5.67. The van der Waals surface area contributed by atoms with Gasteiger partial charge in [-0.25, -0.2) is 15.0 Å². The summed E-state index contributed by atoms with van der Waals surface area (Å²) in [6.07, 6.45) is 2.37. The predicted molar refractivity (Wildman–Crippen MR) is 92.6 cm³/mol. The largest absolute Gasteiger partial charge is 0.377 e. The third-order valence-electron chi connectivity index (χ3n) is 4.24. The summed E-state index contributed by atoms with van der Waals surface area (Å²) in [5, 5.41) is 10.2. The van der Waals surface area contributed by atoms with Gasteiger partial charge >= 0.3 is 0 Å². The highest BCUT2D eigenvalue weighted by Gasteiger charge is 2.39. The monoisotopic (exact) mass is 335 g/mol. The van der Waals surface area contributed by atoms with Crippen molar-refractivity contribution in [2.75, 3.05) is 5.73 Å². The molecule has 0 atom stereocenters. The van der Waals surface area contributed by atoms with E-state index in [1.54, 1.807) is 4.57 Å². The van der Waals surface area contributed by atoms with E-state index in [1.165, 1.54) is 6.33 Å². The molecular formula is C17H17N7O. The second-order valence-corrected chi connectivity index (χ2v) is 6.29. The molecule has 2 heterocycles. The van der Waals surface area contributed by atoms with Crippen LogP contribution in [-0.2, 0) is 0 Å². The normalized spacial score (nSPS) is 22.3. The molecular weight excluding hydrogens is 318 g/mol. The Bertz CT molecular complexity index is 1020. The van der Waals surface area contributed by atoms with Crippen molar-refractivity contribution in [1.29, 1.82) is 0 Å². The van der Waals surface area contributed by atoms with Gasteiger partial charge in [-0.05, 0) is 25.1 Å². The van der Waals surface area contributed by atoms with Crippen LogP contribution < -0.4 is 11.5 Å². The molecule has 2 aromatic heterocycles. The lowest BCUT2D eigenvalue weighted by molar-refractivity contribution is 0.00853. The van der Waals surface area contributed by atoms with Gasteiger partial charge in [0.2, 0.25) is 11.9 Å². The quantitative estimate of drug-likeness (QED) is 0.546. The number of aliphatic hydroxyl groups is 1. The summed E-state index contributed by atoms with van der Waals surface area (Å²) in [6.45, 7) is 1.86. The summed E-state index contributed by atoms with van der Waals surface area (Å²) in [7, 11) is 0. The van der Waals surface area contributed by atoms with Crippen molar-refractivity contribution < 1.29 is 5.11 Å². The molecule has 4 rings (SSSR count). The number of aryl methyl sites for hydroxylation is 1. The number of rotatable bonds is 1. The smallest absolute Gasteiger partial charge is 0.240 e. The van der Waals surface area contributed by atoms with E-state index in [4.69, 9.17) is 11.5 Å². The standard InChI is InChI=1S/C17H17N7O/c1-10-22-13-3-2-11(4-5-17(25)7-12(18)8-17)6-14(13)24(10)16-21-9-20-15(19)23-16/h2-3,6,9,12,25H,7-8,18H2,1H3,(H2,19,20,21,23). The third kappa shape index (κ3) is 2.80. The molecule has 1 fully saturated rings. The van der Waals surface area contributed by atoms with Crippen molar-refractivity contribution >= 4 is 17.0 Å². The Hall–Kier alpha value is -3.02. The second kappa shape index (κ2) is 5.51. The van der Waals surface area contributed by atoms with Crippen LogP contribution in [0.3, 0.4) is 0 Å². The van der Waals surface area contributed by atoms with Crippen LogP contribution in [0.15, 0.2) is 24.5 Å². The molecule has 1 aliphatic rings. The fourth-order valence-electron chi connectivity index (χ4n) is 3.03. The lowest BCUT2D eigenvalue weighted by Gasteiger charge is -2.37. The molecule has 1 saturated carbocycles. The van der Waals surface area contributed by atoms with Crippen molar-refractivity contribution in [2.24, 2.45) is 5.73 Å². The van der Waals surface area contributed by atoms with Gasteiger partial charge in [-0.2, -0.15) is 4.98 Å². The second-order valence-electron chi connectivity index (χ2n) is 6.29. The molecule has 0 saturated heterocycles. The third-order valence-corrected chi connectivity index (χ3v) is 4.24. The number of nitrogens with zero attached hydrogens (tertiary/aromatic N) is 5. The molecule has 0 spiro atoms. The number of fused-ring (bicyclic) bond motifs is 1. The number of nitrogen functional groups attached to an aromatic ring is 1. The minimum Gasteiger partial charge on any atom is -0.377 e. The summed E-state index contributed by atoms with van der Waals surface area (Å²) in [5.74, 6) is 7.22. The van der Waals surface area contributed by atoms with Crippen LogP contribution >= 0.6 is 0 Å². The van der Waals surface area contributed by atoms with Crippen LogP contribution in [0.5, 0.6) is 0 Å². The number of benzene rings is 1. The van der Waals surface area contributed by atoms with E-state index >= 15 is 0 Å². The average Bonchev–Trinajstić information content (AvgIpc) is 2.87. The molecule has 3 aromatic rings. The molecule has 8 heteroatoms. The van der Waals surface area contributed by atoms with E-state index in [-0.39, 0.29) is 12.0 Å². The maximum Gasteiger partial charge on any atom is 0.240 e. The number of hydrogen-bond donors (Lipinski definition) is 3. The average molecular weight is 335 g/mol. The highest BCUT2D eigenvalue weighted by molar-refractivity contribution is 5.79. The molecule has 0 amide bonds. The Morgan fingerprint density at radius 2 is 2.08 bits per heavy atom. The molecule has 25 heavy (non-hydrogen) atoms. The summed E-state index contributed by atoms with van der Waals surface area (Å²) in [4.78, 5) is 16.7. The number of imidazole rings is 1. The SMILES string of the molecule is Cc1nc2ccc(C#CC3(O)CC(N)C3)cc2n1-c1ncnc(N)n1. The van der Waals surface area contributed by atoms with Gasteiger partial charge in [0.1, 0.15) is 17.8 Å². The molecule has 1 aliphatic carbocycles. The minimum absolute atomic E-state index is 0.0279. The zero-order chi connectivity index (χ0) is 17.6. The molecule has 126 valence electrons. The summed E-state index contributed by atoms with van der Waals surface area (Å²) in [5.41, 5.74) is 12.8. The first-order valence-corrected chi connectivity index (χ1v) is 7.89. The first-order valence-electron chi connectivity index (χ1n) is 7.89. The maximum atomic E-state index is 10.2. The Labute approximate surface area is 143 Å². The van der Waals surface area contributed by atoms with Crippen LogP contribution in [-0.4, -0.2) is 41.3 Å². The van der Waals surface area contributed by atoms with Crippen LogP contribution in [0.2, 0.25) is 0 Å². The van der Waals surface area contributed by atoms with Crippen molar-refractivity contribution in [3.63, 3.8) is 0 Å². The molecule has 5 N–H and O–H groups in total. The zero-order valence-electron chi connectivity index (χ0n) is 13.6. The molecule has 0 radical (unpaired) electrons. The first-order chi connectivity index (χ1) is 11.9. The highest BCUT2D eigenvalue weighted by atomic mass is 16.3. The minimum atomic E-state index is -0.979. The van der Waals surface area contributed by atoms with Crippen LogP contribution in [0.1, 0.15) is 24.2 Å². The van der Waals surface area contributed by atoms with E-state index in [9.17, 15) is 5.11 Å². The van der Waals surface area contributed by atoms with Gasteiger partial charge in [0, 0.05) is 24.4 Å². The lowest BCUT2D eigenvalue weighted by atomic mass is 9.77. The topological polar surface area (TPSA) is 129 Å². The van der Waals surface area contributed by atoms with Crippen molar-refractivity contribution in [2.45, 2.75) is 31.4 Å². The Morgan fingerprint density at radius 1 is 1.28 bits per heavy atom. The van der Waals surface area contributed by atoms with E-state index in [0.717, 1.165) is 22.4 Å². The molecule has 8 nitrogen and oxygen atoms in total. The van der Waals surface area contributed by atoms with Gasteiger partial charge in [0.05, 0.1) is 11.0 Å². The highest BCUT2D eigenvalue weighted by Crippen LogP contribution is 2.30. The van der Waals surface area contributed by atoms with E-state index in [1.807, 2.05) is 25.1 Å². The van der Waals surface area contributed by atoms with Crippen LogP contribution in [0.25, 0.3) is 17.0 Å².